The number of esters is 1. The van der Waals surface area contributed by atoms with E-state index in [0.29, 0.717) is 10.4 Å². The lowest BCUT2D eigenvalue weighted by molar-refractivity contribution is -0.384. The second-order valence-corrected chi connectivity index (χ2v) is 5.17. The molecule has 2 aromatic rings. The summed E-state index contributed by atoms with van der Waals surface area (Å²) in [4.78, 5) is 23.1. The standard InChI is InChI=1S/C13H12N2O4S/c1-7-4-3-5-9(15(17)18)11(7)10-6-8(14)12(20-10)13(16)19-2/h3-6H,14H2,1-2H3. The molecule has 0 atom stereocenters. The monoisotopic (exact) mass is 292 g/mol. The number of carbonyl (C=O) groups is 1. The van der Waals surface area contributed by atoms with Gasteiger partial charge in [-0.3, -0.25) is 10.1 Å². The Kier molecular flexibility index (Phi) is 3.71. The minimum Gasteiger partial charge on any atom is -0.465 e. The second kappa shape index (κ2) is 5.30. The number of nitro groups is 1. The van der Waals surface area contributed by atoms with E-state index in [1.54, 1.807) is 25.1 Å². The Balaban J connectivity index is 2.64. The normalized spacial score (nSPS) is 10.3. The lowest BCUT2D eigenvalue weighted by Gasteiger charge is -2.03. The average molecular weight is 292 g/mol. The SMILES string of the molecule is COC(=O)c1sc(-c2c(C)cccc2[N+](=O)[O-])cc1N. The Hall–Kier alpha value is -2.41. The van der Waals surface area contributed by atoms with Crippen molar-refractivity contribution in [1.29, 1.82) is 0 Å². The molecular weight excluding hydrogens is 280 g/mol. The van der Waals surface area contributed by atoms with Crippen LogP contribution in [0.25, 0.3) is 10.4 Å². The number of nitro benzene ring substituents is 1. The van der Waals surface area contributed by atoms with Crippen molar-refractivity contribution in [3.63, 3.8) is 0 Å². The van der Waals surface area contributed by atoms with Crippen LogP contribution >= 0.6 is 11.3 Å². The van der Waals surface area contributed by atoms with E-state index in [4.69, 9.17) is 5.73 Å². The number of ether oxygens (including phenoxy) is 1. The van der Waals surface area contributed by atoms with Crippen molar-refractivity contribution in [3.8, 4) is 10.4 Å². The highest BCUT2D eigenvalue weighted by Gasteiger charge is 2.22. The van der Waals surface area contributed by atoms with E-state index in [1.165, 1.54) is 13.2 Å². The Bertz CT molecular complexity index is 694. The number of nitrogen functional groups attached to an aromatic ring is 1. The number of anilines is 1. The van der Waals surface area contributed by atoms with Gasteiger partial charge in [0, 0.05) is 10.9 Å². The van der Waals surface area contributed by atoms with E-state index < -0.39 is 10.9 Å². The molecule has 0 unspecified atom stereocenters. The lowest BCUT2D eigenvalue weighted by atomic mass is 10.1. The maximum atomic E-state index is 11.6. The molecule has 0 spiro atoms. The molecule has 6 nitrogen and oxygen atoms in total. The zero-order valence-electron chi connectivity index (χ0n) is 10.9. The molecule has 1 heterocycles. The summed E-state index contributed by atoms with van der Waals surface area (Å²) in [5.41, 5.74) is 7.24. The summed E-state index contributed by atoms with van der Waals surface area (Å²) in [7, 11) is 1.26. The van der Waals surface area contributed by atoms with E-state index in [-0.39, 0.29) is 16.3 Å². The van der Waals surface area contributed by atoms with Gasteiger partial charge in [0.1, 0.15) is 4.88 Å². The average Bonchev–Trinajstić information content (AvgIpc) is 2.79. The van der Waals surface area contributed by atoms with Crippen molar-refractivity contribution < 1.29 is 14.5 Å². The zero-order valence-corrected chi connectivity index (χ0v) is 11.7. The number of nitrogens with zero attached hydrogens (tertiary/aromatic N) is 1. The van der Waals surface area contributed by atoms with Crippen LogP contribution < -0.4 is 5.73 Å². The molecule has 0 aliphatic heterocycles. The number of benzene rings is 1. The van der Waals surface area contributed by atoms with E-state index in [2.05, 4.69) is 4.74 Å². The van der Waals surface area contributed by atoms with Gasteiger partial charge in [0.2, 0.25) is 0 Å². The molecule has 20 heavy (non-hydrogen) atoms. The largest absolute Gasteiger partial charge is 0.465 e. The zero-order chi connectivity index (χ0) is 14.9. The third-order valence-corrected chi connectivity index (χ3v) is 3.97. The van der Waals surface area contributed by atoms with Crippen molar-refractivity contribution >= 4 is 28.7 Å². The third kappa shape index (κ3) is 2.35. The van der Waals surface area contributed by atoms with Crippen LogP contribution in [-0.2, 0) is 4.74 Å². The topological polar surface area (TPSA) is 95.5 Å². The Morgan fingerprint density at radius 1 is 1.45 bits per heavy atom. The fourth-order valence-corrected chi connectivity index (χ4v) is 3.02. The number of rotatable bonds is 3. The molecule has 0 bridgehead atoms. The molecule has 0 aliphatic carbocycles. The molecule has 104 valence electrons. The number of carbonyl (C=O) groups excluding carboxylic acids is 1. The molecule has 0 fully saturated rings. The molecule has 0 radical (unpaired) electrons. The van der Waals surface area contributed by atoms with Gasteiger partial charge in [0.25, 0.3) is 5.69 Å². The number of hydrogen-bond acceptors (Lipinski definition) is 6. The lowest BCUT2D eigenvalue weighted by Crippen LogP contribution is -2.00. The Morgan fingerprint density at radius 3 is 2.75 bits per heavy atom. The molecule has 0 saturated carbocycles. The fraction of sp³-hybridized carbons (Fsp3) is 0.154. The van der Waals surface area contributed by atoms with Gasteiger partial charge in [-0.25, -0.2) is 4.79 Å². The van der Waals surface area contributed by atoms with Crippen LogP contribution in [0, 0.1) is 17.0 Å². The first kappa shape index (κ1) is 14.0. The first-order valence-corrected chi connectivity index (χ1v) is 6.49. The van der Waals surface area contributed by atoms with Gasteiger partial charge in [0.05, 0.1) is 23.3 Å². The first-order valence-electron chi connectivity index (χ1n) is 5.67. The van der Waals surface area contributed by atoms with Crippen LogP contribution in [0.1, 0.15) is 15.2 Å². The predicted octanol–water partition coefficient (Wildman–Crippen LogP) is 3.00. The number of aryl methyl sites for hydroxylation is 1. The van der Waals surface area contributed by atoms with Crippen LogP contribution in [-0.4, -0.2) is 18.0 Å². The summed E-state index contributed by atoms with van der Waals surface area (Å²) in [6.07, 6.45) is 0. The van der Waals surface area contributed by atoms with E-state index >= 15 is 0 Å². The number of nitrogens with two attached hydrogens (primary N) is 1. The van der Waals surface area contributed by atoms with Crippen molar-refractivity contribution in [2.24, 2.45) is 0 Å². The van der Waals surface area contributed by atoms with Crippen LogP contribution in [0.4, 0.5) is 11.4 Å². The van der Waals surface area contributed by atoms with Crippen LogP contribution in [0.5, 0.6) is 0 Å². The van der Waals surface area contributed by atoms with Crippen LogP contribution in [0.3, 0.4) is 0 Å². The van der Waals surface area contributed by atoms with Crippen molar-refractivity contribution in [2.75, 3.05) is 12.8 Å². The molecule has 1 aromatic heterocycles. The van der Waals surface area contributed by atoms with E-state index in [0.717, 1.165) is 16.9 Å². The smallest absolute Gasteiger partial charge is 0.350 e. The predicted molar refractivity (Wildman–Crippen MR) is 76.9 cm³/mol. The van der Waals surface area contributed by atoms with Gasteiger partial charge in [-0.1, -0.05) is 12.1 Å². The fourth-order valence-electron chi connectivity index (χ4n) is 1.91. The summed E-state index contributed by atoms with van der Waals surface area (Å²) >= 11 is 1.09. The molecule has 0 aliphatic rings. The maximum absolute atomic E-state index is 11.6. The van der Waals surface area contributed by atoms with Gasteiger partial charge < -0.3 is 10.5 Å². The number of hydrogen-bond donors (Lipinski definition) is 1. The minimum atomic E-state index is -0.546. The molecule has 0 saturated heterocycles. The van der Waals surface area contributed by atoms with Gasteiger partial charge in [-0.2, -0.15) is 0 Å². The van der Waals surface area contributed by atoms with Crippen molar-refractivity contribution in [2.45, 2.75) is 6.92 Å². The molecule has 2 N–H and O–H groups in total. The minimum absolute atomic E-state index is 0.0114. The highest BCUT2D eigenvalue weighted by atomic mass is 32.1. The van der Waals surface area contributed by atoms with Crippen molar-refractivity contribution in [1.82, 2.24) is 0 Å². The number of thiophene rings is 1. The highest BCUT2D eigenvalue weighted by molar-refractivity contribution is 7.18. The number of methoxy groups -OCH3 is 1. The second-order valence-electron chi connectivity index (χ2n) is 4.11. The van der Waals surface area contributed by atoms with Crippen LogP contribution in [0.15, 0.2) is 24.3 Å². The molecule has 0 amide bonds. The molecule has 7 heteroatoms. The molecule has 1 aromatic carbocycles. The molecular formula is C13H12N2O4S. The van der Waals surface area contributed by atoms with E-state index in [1.807, 2.05) is 0 Å². The first-order chi connectivity index (χ1) is 9.45. The summed E-state index contributed by atoms with van der Waals surface area (Å²) in [6.45, 7) is 1.77. The Morgan fingerprint density at radius 2 is 2.15 bits per heavy atom. The Labute approximate surface area is 118 Å². The van der Waals surface area contributed by atoms with Crippen molar-refractivity contribution in [3.05, 3.63) is 44.8 Å². The van der Waals surface area contributed by atoms with Gasteiger partial charge in [-0.05, 0) is 18.6 Å². The quantitative estimate of drug-likeness (QED) is 0.533. The van der Waals surface area contributed by atoms with Gasteiger partial charge >= 0.3 is 5.97 Å². The van der Waals surface area contributed by atoms with Crippen LogP contribution in [0.2, 0.25) is 0 Å². The summed E-state index contributed by atoms with van der Waals surface area (Å²) < 4.78 is 4.63. The van der Waals surface area contributed by atoms with E-state index in [9.17, 15) is 14.9 Å². The third-order valence-electron chi connectivity index (χ3n) is 2.83. The van der Waals surface area contributed by atoms with Gasteiger partial charge in [-0.15, -0.1) is 11.3 Å². The summed E-state index contributed by atoms with van der Waals surface area (Å²) in [5, 5.41) is 11.1. The summed E-state index contributed by atoms with van der Waals surface area (Å²) in [5.74, 6) is -0.546. The summed E-state index contributed by atoms with van der Waals surface area (Å²) in [6, 6.07) is 6.38. The molecule has 2 rings (SSSR count). The van der Waals surface area contributed by atoms with Gasteiger partial charge in [0.15, 0.2) is 0 Å². The maximum Gasteiger partial charge on any atom is 0.350 e. The highest BCUT2D eigenvalue weighted by Crippen LogP contribution is 2.40.